The third-order valence-corrected chi connectivity index (χ3v) is 4.79. The molecular formula is C21H25NO2. The first kappa shape index (κ1) is 16.6. The van der Waals surface area contributed by atoms with E-state index in [0.29, 0.717) is 12.0 Å². The van der Waals surface area contributed by atoms with Crippen LogP contribution in [0.15, 0.2) is 54.6 Å². The van der Waals surface area contributed by atoms with E-state index in [0.717, 1.165) is 17.7 Å². The van der Waals surface area contributed by atoms with Crippen LogP contribution >= 0.6 is 0 Å². The van der Waals surface area contributed by atoms with Crippen LogP contribution in [0.3, 0.4) is 0 Å². The van der Waals surface area contributed by atoms with Crippen molar-refractivity contribution in [3.63, 3.8) is 0 Å². The molecule has 0 saturated heterocycles. The number of hydrogen-bond acceptors (Lipinski definition) is 2. The van der Waals surface area contributed by atoms with Crippen LogP contribution in [-0.2, 0) is 4.79 Å². The Morgan fingerprint density at radius 2 is 1.67 bits per heavy atom. The minimum Gasteiger partial charge on any atom is -0.484 e. The predicted molar refractivity (Wildman–Crippen MR) is 96.9 cm³/mol. The number of benzene rings is 2. The number of hydrogen-bond donors (Lipinski definition) is 1. The quantitative estimate of drug-likeness (QED) is 0.884. The Bertz CT molecular complexity index is 651. The molecule has 1 saturated carbocycles. The largest absolute Gasteiger partial charge is 0.484 e. The summed E-state index contributed by atoms with van der Waals surface area (Å²) in [5, 5.41) is 3.11. The molecule has 0 aliphatic heterocycles. The molecule has 1 amide bonds. The van der Waals surface area contributed by atoms with Crippen LogP contribution in [0.5, 0.6) is 5.75 Å². The molecule has 1 fully saturated rings. The standard InChI is InChI=1S/C21H25NO2/c1-16-7-5-6-10-20(16)22-21(23)15-24-19-13-11-18(12-14-19)17-8-3-2-4-9-17/h2-4,8-9,11-14,16,20H,5-7,10,15H2,1H3,(H,22,23)/t16-,20+/m1/s1. The molecule has 0 aromatic heterocycles. The second kappa shape index (κ2) is 8.00. The molecule has 0 spiro atoms. The Labute approximate surface area is 144 Å². The Balaban J connectivity index is 1.50. The lowest BCUT2D eigenvalue weighted by molar-refractivity contribution is -0.124. The van der Waals surface area contributed by atoms with Gasteiger partial charge in [0.2, 0.25) is 0 Å². The summed E-state index contributed by atoms with van der Waals surface area (Å²) in [5.74, 6) is 1.26. The van der Waals surface area contributed by atoms with E-state index in [1.807, 2.05) is 42.5 Å². The second-order valence-electron chi connectivity index (χ2n) is 6.61. The first-order chi connectivity index (χ1) is 11.7. The van der Waals surface area contributed by atoms with E-state index < -0.39 is 0 Å². The summed E-state index contributed by atoms with van der Waals surface area (Å²) < 4.78 is 5.62. The lowest BCUT2D eigenvalue weighted by Crippen LogP contribution is -2.43. The van der Waals surface area contributed by atoms with Gasteiger partial charge in [-0.1, -0.05) is 62.2 Å². The summed E-state index contributed by atoms with van der Waals surface area (Å²) >= 11 is 0. The van der Waals surface area contributed by atoms with Crippen LogP contribution in [0.1, 0.15) is 32.6 Å². The van der Waals surface area contributed by atoms with Gasteiger partial charge in [0.1, 0.15) is 5.75 Å². The molecule has 2 aromatic carbocycles. The molecule has 3 rings (SSSR count). The molecule has 126 valence electrons. The van der Waals surface area contributed by atoms with Crippen LogP contribution in [0, 0.1) is 5.92 Å². The van der Waals surface area contributed by atoms with Crippen molar-refractivity contribution in [2.45, 2.75) is 38.6 Å². The maximum Gasteiger partial charge on any atom is 0.258 e. The zero-order chi connectivity index (χ0) is 16.8. The summed E-state index contributed by atoms with van der Waals surface area (Å²) in [4.78, 5) is 12.1. The van der Waals surface area contributed by atoms with Gasteiger partial charge < -0.3 is 10.1 Å². The fourth-order valence-electron chi connectivity index (χ4n) is 3.30. The highest BCUT2D eigenvalue weighted by atomic mass is 16.5. The molecule has 2 aromatic rings. The Morgan fingerprint density at radius 1 is 1.00 bits per heavy atom. The molecule has 0 heterocycles. The lowest BCUT2D eigenvalue weighted by atomic mass is 9.86. The van der Waals surface area contributed by atoms with Gasteiger partial charge in [-0.2, -0.15) is 0 Å². The van der Waals surface area contributed by atoms with E-state index in [1.165, 1.54) is 24.8 Å². The average Bonchev–Trinajstić information content (AvgIpc) is 2.63. The van der Waals surface area contributed by atoms with Gasteiger partial charge in [0.25, 0.3) is 5.91 Å². The molecule has 3 nitrogen and oxygen atoms in total. The minimum absolute atomic E-state index is 0.0270. The summed E-state index contributed by atoms with van der Waals surface area (Å²) in [6, 6.07) is 18.4. The van der Waals surface area contributed by atoms with Gasteiger partial charge in [-0.15, -0.1) is 0 Å². The molecule has 1 aliphatic carbocycles. The van der Waals surface area contributed by atoms with Gasteiger partial charge in [0.05, 0.1) is 0 Å². The highest BCUT2D eigenvalue weighted by Gasteiger charge is 2.22. The van der Waals surface area contributed by atoms with Crippen LogP contribution in [0.2, 0.25) is 0 Å². The van der Waals surface area contributed by atoms with Crippen LogP contribution in [-0.4, -0.2) is 18.6 Å². The lowest BCUT2D eigenvalue weighted by Gasteiger charge is -2.29. The summed E-state index contributed by atoms with van der Waals surface area (Å²) in [6.07, 6.45) is 4.76. The Morgan fingerprint density at radius 3 is 2.38 bits per heavy atom. The van der Waals surface area contributed by atoms with Crippen molar-refractivity contribution in [2.24, 2.45) is 5.92 Å². The number of rotatable bonds is 5. The van der Waals surface area contributed by atoms with Gasteiger partial charge in [0.15, 0.2) is 6.61 Å². The summed E-state index contributed by atoms with van der Waals surface area (Å²) in [7, 11) is 0. The first-order valence-electron chi connectivity index (χ1n) is 8.80. The van der Waals surface area contributed by atoms with E-state index >= 15 is 0 Å². The highest BCUT2D eigenvalue weighted by Crippen LogP contribution is 2.24. The van der Waals surface area contributed by atoms with Gasteiger partial charge in [-0.3, -0.25) is 4.79 Å². The summed E-state index contributed by atoms with van der Waals surface area (Å²) in [5.41, 5.74) is 2.32. The number of amides is 1. The van der Waals surface area contributed by atoms with Crippen molar-refractivity contribution in [1.82, 2.24) is 5.32 Å². The third kappa shape index (κ3) is 4.38. The van der Waals surface area contributed by atoms with Crippen LogP contribution < -0.4 is 10.1 Å². The number of carbonyl (C=O) groups excluding carboxylic acids is 1. The fourth-order valence-corrected chi connectivity index (χ4v) is 3.30. The number of ether oxygens (including phenoxy) is 1. The van der Waals surface area contributed by atoms with Crippen LogP contribution in [0.25, 0.3) is 11.1 Å². The second-order valence-corrected chi connectivity index (χ2v) is 6.61. The van der Waals surface area contributed by atoms with Crippen molar-refractivity contribution >= 4 is 5.91 Å². The zero-order valence-electron chi connectivity index (χ0n) is 14.2. The SMILES string of the molecule is C[C@@H]1CCCC[C@@H]1NC(=O)COc1ccc(-c2ccccc2)cc1. The van der Waals surface area contributed by atoms with E-state index in [1.54, 1.807) is 0 Å². The van der Waals surface area contributed by atoms with Gasteiger partial charge in [-0.05, 0) is 42.0 Å². The van der Waals surface area contributed by atoms with Crippen molar-refractivity contribution in [1.29, 1.82) is 0 Å². The Hall–Kier alpha value is -2.29. The van der Waals surface area contributed by atoms with Crippen molar-refractivity contribution in [2.75, 3.05) is 6.61 Å². The van der Waals surface area contributed by atoms with Gasteiger partial charge >= 0.3 is 0 Å². The van der Waals surface area contributed by atoms with E-state index in [9.17, 15) is 4.79 Å². The van der Waals surface area contributed by atoms with Crippen molar-refractivity contribution in [3.8, 4) is 16.9 Å². The normalized spacial score (nSPS) is 20.4. The predicted octanol–water partition coefficient (Wildman–Crippen LogP) is 4.43. The molecular weight excluding hydrogens is 298 g/mol. The van der Waals surface area contributed by atoms with Crippen molar-refractivity contribution in [3.05, 3.63) is 54.6 Å². The van der Waals surface area contributed by atoms with E-state index in [4.69, 9.17) is 4.74 Å². The minimum atomic E-state index is -0.0270. The fraction of sp³-hybridized carbons (Fsp3) is 0.381. The molecule has 1 aliphatic rings. The van der Waals surface area contributed by atoms with Crippen LogP contribution in [0.4, 0.5) is 0 Å². The highest BCUT2D eigenvalue weighted by molar-refractivity contribution is 5.78. The number of carbonyl (C=O) groups is 1. The van der Waals surface area contributed by atoms with Gasteiger partial charge in [-0.25, -0.2) is 0 Å². The molecule has 3 heteroatoms. The zero-order valence-corrected chi connectivity index (χ0v) is 14.2. The smallest absolute Gasteiger partial charge is 0.258 e. The summed E-state index contributed by atoms with van der Waals surface area (Å²) in [6.45, 7) is 2.29. The topological polar surface area (TPSA) is 38.3 Å². The van der Waals surface area contributed by atoms with E-state index in [2.05, 4.69) is 24.4 Å². The maximum atomic E-state index is 12.1. The maximum absolute atomic E-state index is 12.1. The molecule has 24 heavy (non-hydrogen) atoms. The molecule has 1 N–H and O–H groups in total. The molecule has 0 bridgehead atoms. The average molecular weight is 323 g/mol. The van der Waals surface area contributed by atoms with E-state index in [-0.39, 0.29) is 12.5 Å². The van der Waals surface area contributed by atoms with Gasteiger partial charge in [0, 0.05) is 6.04 Å². The molecule has 0 unspecified atom stereocenters. The third-order valence-electron chi connectivity index (χ3n) is 4.79. The Kier molecular flexibility index (Phi) is 5.52. The number of nitrogens with one attached hydrogen (secondary N) is 1. The first-order valence-corrected chi connectivity index (χ1v) is 8.80. The van der Waals surface area contributed by atoms with Crippen molar-refractivity contribution < 1.29 is 9.53 Å². The molecule has 0 radical (unpaired) electrons. The monoisotopic (exact) mass is 323 g/mol. The molecule has 2 atom stereocenters.